The Hall–Kier alpha value is -1.35. The highest BCUT2D eigenvalue weighted by Gasteiger charge is 2.71. The highest BCUT2D eigenvalue weighted by Crippen LogP contribution is 2.78. The zero-order chi connectivity index (χ0) is 31.7. The number of carbonyl (C=O) groups excluding carboxylic acids is 1. The van der Waals surface area contributed by atoms with Crippen molar-refractivity contribution in [2.45, 2.75) is 125 Å². The molecule has 0 bridgehead atoms. The quantitative estimate of drug-likeness (QED) is 0.208. The molecule has 0 radical (unpaired) electrons. The molecule has 11 atom stereocenters. The van der Waals surface area contributed by atoms with Crippen LogP contribution in [0.5, 0.6) is 0 Å². The second-order valence-corrected chi connectivity index (χ2v) is 17.6. The predicted molar refractivity (Wildman–Crippen MR) is 178 cm³/mol. The number of rotatable bonds is 4. The molecule has 0 spiro atoms. The number of carbonyl (C=O) groups is 1. The van der Waals surface area contributed by atoms with Crippen molar-refractivity contribution in [1.29, 1.82) is 0 Å². The number of hydrogen-bond acceptors (Lipinski definition) is 5. The summed E-state index contributed by atoms with van der Waals surface area (Å²) in [6.45, 7) is 26.0. The van der Waals surface area contributed by atoms with Crippen LogP contribution in [0.3, 0.4) is 0 Å². The van der Waals surface area contributed by atoms with Crippen LogP contribution in [0.4, 0.5) is 0 Å². The van der Waals surface area contributed by atoms with E-state index in [9.17, 15) is 9.90 Å². The third-order valence-electron chi connectivity index (χ3n) is 15.7. The number of piperazine rings is 1. The maximum Gasteiger partial charge on any atom is 0.302 e. The molecule has 44 heavy (non-hydrogen) atoms. The average Bonchev–Trinajstić information content (AvgIpc) is 3.37. The van der Waals surface area contributed by atoms with Gasteiger partial charge < -0.3 is 15.2 Å². The first-order valence-corrected chi connectivity index (χ1v) is 18.1. The molecule has 1 heterocycles. The third-order valence-corrected chi connectivity index (χ3v) is 15.7. The monoisotopic (exact) mass is 606 g/mol. The van der Waals surface area contributed by atoms with E-state index in [1.54, 1.807) is 6.92 Å². The van der Waals surface area contributed by atoms with E-state index >= 15 is 0 Å². The lowest BCUT2D eigenvalue weighted by atomic mass is 9.32. The van der Waals surface area contributed by atoms with Gasteiger partial charge in [-0.3, -0.25) is 9.69 Å². The Morgan fingerprint density at radius 3 is 2.34 bits per heavy atom. The fraction of sp³-hybridized carbons (Fsp3) is 0.872. The first kappa shape index (κ1) is 32.6. The van der Waals surface area contributed by atoms with Gasteiger partial charge in [-0.25, -0.2) is 0 Å². The molecule has 5 heteroatoms. The van der Waals surface area contributed by atoms with Gasteiger partial charge in [0.15, 0.2) is 0 Å². The van der Waals surface area contributed by atoms with Gasteiger partial charge >= 0.3 is 5.97 Å². The van der Waals surface area contributed by atoms with E-state index in [4.69, 9.17) is 4.74 Å². The summed E-state index contributed by atoms with van der Waals surface area (Å²) in [5, 5.41) is 15.4. The SMILES string of the molecule is C=C(C)[C@@H]1CC[C@]2([C@H](O)C#CCN3CCNCC3)CC[C@]3(C)[C@H](CC[C@@H]4[C@@]5(C)CC[C@H](OC(C)=O)C(C)(C)[C@@H]5CC[C@]43C)[C@@H]12. The molecule has 5 nitrogen and oxygen atoms in total. The molecule has 6 aliphatic rings. The van der Waals surface area contributed by atoms with Crippen molar-refractivity contribution in [2.24, 2.45) is 56.7 Å². The van der Waals surface area contributed by atoms with Gasteiger partial charge in [-0.1, -0.05) is 58.6 Å². The fourth-order valence-corrected chi connectivity index (χ4v) is 13.3. The van der Waals surface area contributed by atoms with Crippen molar-refractivity contribution in [2.75, 3.05) is 32.7 Å². The number of aliphatic hydroxyl groups excluding tert-OH is 1. The van der Waals surface area contributed by atoms with Gasteiger partial charge in [0.2, 0.25) is 0 Å². The number of fused-ring (bicyclic) bond motifs is 7. The summed E-state index contributed by atoms with van der Waals surface area (Å²) < 4.78 is 5.96. The Kier molecular flexibility index (Phi) is 8.45. The molecule has 5 aliphatic carbocycles. The standard InChI is InChI=1S/C39H62N2O3/c1-26(2)28-13-18-39(32(43)10-9-23-41-24-21-40-22-25-41)20-19-37(7)29(34(28)39)11-12-31-36(6)16-15-33(44-27(3)42)35(4,5)30(36)14-17-38(31,37)8/h28-34,40,43H,1,11-25H2,2-8H3/t28-,29+,30-,31+,32+,33-,34+,36-,37+,38+,39+/m0/s1. The van der Waals surface area contributed by atoms with Crippen molar-refractivity contribution in [3.63, 3.8) is 0 Å². The van der Waals surface area contributed by atoms with Gasteiger partial charge in [-0.2, -0.15) is 0 Å². The van der Waals surface area contributed by atoms with Crippen LogP contribution in [0.25, 0.3) is 0 Å². The topological polar surface area (TPSA) is 61.8 Å². The average molecular weight is 607 g/mol. The lowest BCUT2D eigenvalue weighted by Crippen LogP contribution is -2.67. The van der Waals surface area contributed by atoms with E-state index in [1.807, 2.05) is 0 Å². The molecule has 2 N–H and O–H groups in total. The molecule has 1 aliphatic heterocycles. The zero-order valence-electron chi connectivity index (χ0n) is 29.1. The van der Waals surface area contributed by atoms with Gasteiger partial charge in [0.1, 0.15) is 12.2 Å². The van der Waals surface area contributed by atoms with Crippen molar-refractivity contribution >= 4 is 5.97 Å². The Bertz CT molecular complexity index is 1200. The number of esters is 1. The summed E-state index contributed by atoms with van der Waals surface area (Å²) in [5.74, 6) is 9.53. The fourth-order valence-electron chi connectivity index (χ4n) is 13.3. The summed E-state index contributed by atoms with van der Waals surface area (Å²) in [7, 11) is 0. The second-order valence-electron chi connectivity index (χ2n) is 17.6. The Balaban J connectivity index is 1.29. The van der Waals surface area contributed by atoms with Crippen LogP contribution in [0.2, 0.25) is 0 Å². The Labute approximate surface area is 268 Å². The number of hydrogen-bond donors (Lipinski definition) is 2. The highest BCUT2D eigenvalue weighted by molar-refractivity contribution is 5.66. The summed E-state index contributed by atoms with van der Waals surface area (Å²) in [4.78, 5) is 14.4. The zero-order valence-corrected chi connectivity index (χ0v) is 29.1. The normalized spacial score (nSPS) is 47.1. The number of aliphatic hydroxyl groups is 1. The van der Waals surface area contributed by atoms with Crippen LogP contribution < -0.4 is 5.32 Å². The minimum absolute atomic E-state index is 0.0105. The van der Waals surface area contributed by atoms with Gasteiger partial charge in [-0.05, 0) is 117 Å². The number of ether oxygens (including phenoxy) is 1. The third kappa shape index (κ3) is 4.78. The maximum atomic E-state index is 12.0. The van der Waals surface area contributed by atoms with E-state index in [2.05, 4.69) is 70.2 Å². The second kappa shape index (κ2) is 11.4. The van der Waals surface area contributed by atoms with E-state index in [1.165, 1.54) is 37.7 Å². The summed E-state index contributed by atoms with van der Waals surface area (Å²) in [6, 6.07) is 0. The van der Waals surface area contributed by atoms with Gasteiger partial charge in [0, 0.05) is 43.9 Å². The van der Waals surface area contributed by atoms with Gasteiger partial charge in [-0.15, -0.1) is 0 Å². The van der Waals surface area contributed by atoms with Crippen LogP contribution >= 0.6 is 0 Å². The molecule has 5 saturated carbocycles. The van der Waals surface area contributed by atoms with Crippen molar-refractivity contribution in [1.82, 2.24) is 10.2 Å². The van der Waals surface area contributed by atoms with E-state index in [0.29, 0.717) is 29.6 Å². The van der Waals surface area contributed by atoms with Crippen LogP contribution in [0, 0.1) is 68.5 Å². The van der Waals surface area contributed by atoms with Crippen LogP contribution in [-0.4, -0.2) is 60.9 Å². The molecule has 0 aromatic heterocycles. The number of nitrogens with zero attached hydrogens (tertiary/aromatic N) is 1. The van der Waals surface area contributed by atoms with Crippen LogP contribution in [-0.2, 0) is 9.53 Å². The maximum absolute atomic E-state index is 12.0. The molecular weight excluding hydrogens is 544 g/mol. The highest BCUT2D eigenvalue weighted by atomic mass is 16.5. The molecule has 6 rings (SSSR count). The molecule has 0 unspecified atom stereocenters. The largest absolute Gasteiger partial charge is 0.462 e. The minimum atomic E-state index is -0.555. The molecule has 246 valence electrons. The van der Waals surface area contributed by atoms with Gasteiger partial charge in [0.05, 0.1) is 6.54 Å². The lowest BCUT2D eigenvalue weighted by molar-refractivity contribution is -0.253. The van der Waals surface area contributed by atoms with Gasteiger partial charge in [0.25, 0.3) is 0 Å². The van der Waals surface area contributed by atoms with E-state index in [0.717, 1.165) is 64.8 Å². The smallest absolute Gasteiger partial charge is 0.302 e. The molecule has 0 amide bonds. The first-order valence-electron chi connectivity index (χ1n) is 18.1. The first-order chi connectivity index (χ1) is 20.7. The Morgan fingerprint density at radius 1 is 0.932 bits per heavy atom. The van der Waals surface area contributed by atoms with E-state index < -0.39 is 6.10 Å². The van der Waals surface area contributed by atoms with Crippen molar-refractivity contribution < 1.29 is 14.6 Å². The summed E-state index contributed by atoms with van der Waals surface area (Å²) in [5.41, 5.74) is 1.95. The van der Waals surface area contributed by atoms with E-state index in [-0.39, 0.29) is 39.1 Å². The Morgan fingerprint density at radius 2 is 1.66 bits per heavy atom. The van der Waals surface area contributed by atoms with Crippen molar-refractivity contribution in [3.05, 3.63) is 12.2 Å². The lowest BCUT2D eigenvalue weighted by Gasteiger charge is -2.73. The number of nitrogens with one attached hydrogen (secondary N) is 1. The summed E-state index contributed by atoms with van der Waals surface area (Å²) >= 11 is 0. The van der Waals surface area contributed by atoms with Crippen molar-refractivity contribution in [3.8, 4) is 11.8 Å². The van der Waals surface area contributed by atoms with Crippen LogP contribution in [0.15, 0.2) is 12.2 Å². The molecule has 0 aromatic rings. The molecule has 0 aromatic carbocycles. The predicted octanol–water partition coefficient (Wildman–Crippen LogP) is 6.85. The molecule has 1 saturated heterocycles. The minimum Gasteiger partial charge on any atom is -0.462 e. The van der Waals surface area contributed by atoms with Crippen LogP contribution in [0.1, 0.15) is 113 Å². The molecule has 6 fully saturated rings. The summed E-state index contributed by atoms with van der Waals surface area (Å²) in [6.07, 6.45) is 11.1. The molecular formula is C39H62N2O3. The number of allylic oxidation sites excluding steroid dienone is 1.